The van der Waals surface area contributed by atoms with Crippen LogP contribution < -0.4 is 0 Å². The maximum absolute atomic E-state index is 12.5. The molecule has 0 spiro atoms. The molecule has 0 saturated carbocycles. The van der Waals surface area contributed by atoms with Crippen LogP contribution in [0.4, 0.5) is 0 Å². The summed E-state index contributed by atoms with van der Waals surface area (Å²) in [4.78, 5) is 32.7. The molecule has 1 aromatic heterocycles. The van der Waals surface area contributed by atoms with Gasteiger partial charge in [-0.2, -0.15) is 0 Å². The van der Waals surface area contributed by atoms with Gasteiger partial charge in [0.2, 0.25) is 11.7 Å². The first-order chi connectivity index (χ1) is 11.0. The number of oxazole rings is 1. The van der Waals surface area contributed by atoms with Gasteiger partial charge in [0.1, 0.15) is 0 Å². The monoisotopic (exact) mass is 319 g/mol. The Bertz CT molecular complexity index is 582. The van der Waals surface area contributed by atoms with Crippen LogP contribution in [0.3, 0.4) is 0 Å². The van der Waals surface area contributed by atoms with Gasteiger partial charge in [-0.25, -0.2) is 4.98 Å². The average molecular weight is 319 g/mol. The highest BCUT2D eigenvalue weighted by Crippen LogP contribution is 2.24. The molecular weight excluding hydrogens is 294 g/mol. The highest BCUT2D eigenvalue weighted by Gasteiger charge is 2.29. The number of rotatable bonds is 3. The lowest BCUT2D eigenvalue weighted by atomic mass is 9.93. The van der Waals surface area contributed by atoms with Gasteiger partial charge in [-0.05, 0) is 38.5 Å². The van der Waals surface area contributed by atoms with E-state index in [2.05, 4.69) is 4.98 Å². The van der Waals surface area contributed by atoms with Crippen LogP contribution in [-0.2, 0) is 4.79 Å². The van der Waals surface area contributed by atoms with Gasteiger partial charge in [-0.15, -0.1) is 0 Å². The van der Waals surface area contributed by atoms with Crippen molar-refractivity contribution < 1.29 is 14.0 Å². The molecule has 0 bridgehead atoms. The van der Waals surface area contributed by atoms with Crippen LogP contribution in [0.1, 0.15) is 54.2 Å². The number of hydrogen-bond acceptors (Lipinski definition) is 4. The van der Waals surface area contributed by atoms with Crippen molar-refractivity contribution >= 4 is 11.8 Å². The van der Waals surface area contributed by atoms with Crippen LogP contribution in [0.15, 0.2) is 4.42 Å². The summed E-state index contributed by atoms with van der Waals surface area (Å²) in [5, 5.41) is 0. The molecule has 2 fully saturated rings. The third kappa shape index (κ3) is 3.57. The summed E-state index contributed by atoms with van der Waals surface area (Å²) < 4.78 is 5.43. The van der Waals surface area contributed by atoms with Crippen molar-refractivity contribution in [1.82, 2.24) is 14.8 Å². The van der Waals surface area contributed by atoms with Gasteiger partial charge in [0, 0.05) is 39.5 Å². The van der Waals surface area contributed by atoms with E-state index in [0.717, 1.165) is 38.8 Å². The van der Waals surface area contributed by atoms with Gasteiger partial charge in [0.15, 0.2) is 5.89 Å². The highest BCUT2D eigenvalue weighted by atomic mass is 16.4. The molecule has 126 valence electrons. The zero-order valence-electron chi connectivity index (χ0n) is 14.0. The summed E-state index contributed by atoms with van der Waals surface area (Å²) in [6.07, 6.45) is 4.67. The SMILES string of the molecule is Cc1nc(C)c(C(=O)N2CCC(CC(=O)N3CCCC3)CC2)o1. The maximum atomic E-state index is 12.5. The van der Waals surface area contributed by atoms with Gasteiger partial charge in [-0.1, -0.05) is 0 Å². The molecule has 0 atom stereocenters. The van der Waals surface area contributed by atoms with Crippen molar-refractivity contribution in [3.63, 3.8) is 0 Å². The smallest absolute Gasteiger partial charge is 0.291 e. The number of piperidine rings is 1. The van der Waals surface area contributed by atoms with Crippen molar-refractivity contribution in [1.29, 1.82) is 0 Å². The second-order valence-corrected chi connectivity index (χ2v) is 6.68. The molecule has 23 heavy (non-hydrogen) atoms. The van der Waals surface area contributed by atoms with E-state index in [-0.39, 0.29) is 11.8 Å². The summed E-state index contributed by atoms with van der Waals surface area (Å²) >= 11 is 0. The Morgan fingerprint density at radius 3 is 2.30 bits per heavy atom. The molecule has 0 aromatic carbocycles. The van der Waals surface area contributed by atoms with E-state index in [0.29, 0.717) is 42.8 Å². The molecule has 3 rings (SSSR count). The first kappa shape index (κ1) is 16.0. The second kappa shape index (κ2) is 6.72. The Balaban J connectivity index is 1.51. The molecule has 0 unspecified atom stereocenters. The number of likely N-dealkylation sites (tertiary alicyclic amines) is 2. The molecule has 0 aliphatic carbocycles. The number of aryl methyl sites for hydroxylation is 2. The zero-order valence-corrected chi connectivity index (χ0v) is 14.0. The quantitative estimate of drug-likeness (QED) is 0.856. The van der Waals surface area contributed by atoms with Crippen LogP contribution in [0.25, 0.3) is 0 Å². The lowest BCUT2D eigenvalue weighted by molar-refractivity contribution is -0.131. The fourth-order valence-corrected chi connectivity index (χ4v) is 3.56. The van der Waals surface area contributed by atoms with Crippen LogP contribution in [0.5, 0.6) is 0 Å². The summed E-state index contributed by atoms with van der Waals surface area (Å²) in [7, 11) is 0. The maximum Gasteiger partial charge on any atom is 0.291 e. The molecular formula is C17H25N3O3. The van der Waals surface area contributed by atoms with E-state index in [1.165, 1.54) is 0 Å². The molecule has 2 aliphatic heterocycles. The number of carbonyl (C=O) groups is 2. The molecule has 2 aliphatic rings. The minimum absolute atomic E-state index is 0.0765. The molecule has 2 saturated heterocycles. The summed E-state index contributed by atoms with van der Waals surface area (Å²) in [6.45, 7) is 6.76. The lowest BCUT2D eigenvalue weighted by Crippen LogP contribution is -2.40. The molecule has 6 heteroatoms. The number of amides is 2. The summed E-state index contributed by atoms with van der Waals surface area (Å²) in [6, 6.07) is 0. The second-order valence-electron chi connectivity index (χ2n) is 6.68. The van der Waals surface area contributed by atoms with E-state index in [4.69, 9.17) is 4.42 Å². The number of nitrogens with zero attached hydrogens (tertiary/aromatic N) is 3. The fourth-order valence-electron chi connectivity index (χ4n) is 3.56. The van der Waals surface area contributed by atoms with Crippen molar-refractivity contribution in [2.24, 2.45) is 5.92 Å². The third-order valence-corrected chi connectivity index (χ3v) is 4.92. The Hall–Kier alpha value is -1.85. The number of hydrogen-bond donors (Lipinski definition) is 0. The van der Waals surface area contributed by atoms with Crippen LogP contribution >= 0.6 is 0 Å². The van der Waals surface area contributed by atoms with Gasteiger partial charge < -0.3 is 14.2 Å². The highest BCUT2D eigenvalue weighted by molar-refractivity contribution is 5.92. The fraction of sp³-hybridized carbons (Fsp3) is 0.706. The standard InChI is InChI=1S/C17H25N3O3/c1-12-16(23-13(2)18-12)17(22)20-9-5-14(6-10-20)11-15(21)19-7-3-4-8-19/h14H,3-11H2,1-2H3. The van der Waals surface area contributed by atoms with Crippen LogP contribution in [-0.4, -0.2) is 52.8 Å². The van der Waals surface area contributed by atoms with E-state index in [1.54, 1.807) is 13.8 Å². The Morgan fingerprint density at radius 1 is 1.09 bits per heavy atom. The van der Waals surface area contributed by atoms with Crippen molar-refractivity contribution in [3.8, 4) is 0 Å². The number of carbonyl (C=O) groups excluding carboxylic acids is 2. The minimum atomic E-state index is -0.0765. The average Bonchev–Trinajstić information content (AvgIpc) is 3.17. The lowest BCUT2D eigenvalue weighted by Gasteiger charge is -2.32. The van der Waals surface area contributed by atoms with E-state index in [1.807, 2.05) is 9.80 Å². The zero-order chi connectivity index (χ0) is 16.4. The first-order valence-corrected chi connectivity index (χ1v) is 8.55. The van der Waals surface area contributed by atoms with Crippen LogP contribution in [0.2, 0.25) is 0 Å². The Kier molecular flexibility index (Phi) is 4.68. The predicted octanol–water partition coefficient (Wildman–Crippen LogP) is 2.16. The topological polar surface area (TPSA) is 66.7 Å². The Labute approximate surface area is 136 Å². The van der Waals surface area contributed by atoms with E-state index >= 15 is 0 Å². The van der Waals surface area contributed by atoms with Crippen molar-refractivity contribution in [3.05, 3.63) is 17.3 Å². The number of aromatic nitrogens is 1. The van der Waals surface area contributed by atoms with Gasteiger partial charge in [0.05, 0.1) is 5.69 Å². The minimum Gasteiger partial charge on any atom is -0.436 e. The van der Waals surface area contributed by atoms with E-state index < -0.39 is 0 Å². The molecule has 0 N–H and O–H groups in total. The Morgan fingerprint density at radius 2 is 1.74 bits per heavy atom. The summed E-state index contributed by atoms with van der Waals surface area (Å²) in [5.74, 6) is 1.48. The molecule has 1 aromatic rings. The van der Waals surface area contributed by atoms with Crippen molar-refractivity contribution in [2.45, 2.75) is 46.0 Å². The van der Waals surface area contributed by atoms with Gasteiger partial charge in [-0.3, -0.25) is 9.59 Å². The normalized spacial score (nSPS) is 19.4. The van der Waals surface area contributed by atoms with Crippen LogP contribution in [0, 0.1) is 19.8 Å². The largest absolute Gasteiger partial charge is 0.436 e. The molecule has 3 heterocycles. The van der Waals surface area contributed by atoms with Gasteiger partial charge in [0.25, 0.3) is 5.91 Å². The third-order valence-electron chi connectivity index (χ3n) is 4.92. The van der Waals surface area contributed by atoms with Gasteiger partial charge >= 0.3 is 0 Å². The molecule has 2 amide bonds. The predicted molar refractivity (Wildman–Crippen MR) is 85.0 cm³/mol. The summed E-state index contributed by atoms with van der Waals surface area (Å²) in [5.41, 5.74) is 0.652. The first-order valence-electron chi connectivity index (χ1n) is 8.55. The van der Waals surface area contributed by atoms with E-state index in [9.17, 15) is 9.59 Å². The molecule has 0 radical (unpaired) electrons. The molecule has 6 nitrogen and oxygen atoms in total. The van der Waals surface area contributed by atoms with Crippen molar-refractivity contribution in [2.75, 3.05) is 26.2 Å².